The van der Waals surface area contributed by atoms with Gasteiger partial charge in [0.25, 0.3) is 0 Å². The van der Waals surface area contributed by atoms with Crippen molar-refractivity contribution in [2.45, 2.75) is 32.7 Å². The Hall–Kier alpha value is -2.71. The van der Waals surface area contributed by atoms with E-state index in [0.29, 0.717) is 25.0 Å². The summed E-state index contributed by atoms with van der Waals surface area (Å²) in [5, 5.41) is 9.71. The van der Waals surface area contributed by atoms with Crippen LogP contribution < -0.4 is 4.74 Å². The zero-order chi connectivity index (χ0) is 21.4. The first-order chi connectivity index (χ1) is 15.1. The summed E-state index contributed by atoms with van der Waals surface area (Å²) < 4.78 is 15.2. The van der Waals surface area contributed by atoms with Gasteiger partial charge < -0.3 is 14.4 Å². The summed E-state index contributed by atoms with van der Waals surface area (Å²) in [7, 11) is 3.83. The molecule has 3 aromatic heterocycles. The standard InChI is InChI=1S/C23H30N6O2/c1-16-10-19(12-24-23(16)30-3)29-21-6-9-31-8-5-20(21)22(26-29)18-11-25-28(15-18)14-17-4-7-27(2)13-17/h10-12,15,17H,4-9,13-14H2,1-3H3. The van der Waals surface area contributed by atoms with Crippen molar-refractivity contribution in [3.63, 3.8) is 0 Å². The number of ether oxygens (including phenoxy) is 2. The van der Waals surface area contributed by atoms with E-state index >= 15 is 0 Å². The summed E-state index contributed by atoms with van der Waals surface area (Å²) in [6, 6.07) is 2.08. The fraction of sp³-hybridized carbons (Fsp3) is 0.522. The molecule has 2 aliphatic heterocycles. The second kappa shape index (κ2) is 8.43. The molecule has 0 spiro atoms. The first kappa shape index (κ1) is 20.2. The molecule has 0 saturated carbocycles. The van der Waals surface area contributed by atoms with E-state index in [1.165, 1.54) is 24.2 Å². The molecule has 0 amide bonds. The van der Waals surface area contributed by atoms with Crippen LogP contribution in [0.25, 0.3) is 16.9 Å². The molecule has 5 rings (SSSR count). The van der Waals surface area contributed by atoms with E-state index in [4.69, 9.17) is 14.6 Å². The zero-order valence-corrected chi connectivity index (χ0v) is 18.5. The van der Waals surface area contributed by atoms with Crippen molar-refractivity contribution >= 4 is 0 Å². The smallest absolute Gasteiger partial charge is 0.216 e. The van der Waals surface area contributed by atoms with Gasteiger partial charge in [-0.15, -0.1) is 0 Å². The molecule has 0 radical (unpaired) electrons. The van der Waals surface area contributed by atoms with E-state index in [-0.39, 0.29) is 0 Å². The predicted molar refractivity (Wildman–Crippen MR) is 118 cm³/mol. The van der Waals surface area contributed by atoms with Gasteiger partial charge in [0.1, 0.15) is 0 Å². The van der Waals surface area contributed by atoms with Crippen LogP contribution in [0.4, 0.5) is 0 Å². The zero-order valence-electron chi connectivity index (χ0n) is 18.5. The number of methoxy groups -OCH3 is 1. The minimum atomic E-state index is 0.643. The SMILES string of the molecule is COc1ncc(-n2nc(-c3cnn(CC4CCN(C)C4)c3)c3c2CCOCC3)cc1C. The van der Waals surface area contributed by atoms with Crippen LogP contribution in [0.2, 0.25) is 0 Å². The molecule has 1 saturated heterocycles. The van der Waals surface area contributed by atoms with Crippen molar-refractivity contribution in [3.05, 3.63) is 41.5 Å². The van der Waals surface area contributed by atoms with E-state index < -0.39 is 0 Å². The monoisotopic (exact) mass is 422 g/mol. The van der Waals surface area contributed by atoms with Crippen LogP contribution in [0.1, 0.15) is 23.2 Å². The molecule has 0 aliphatic carbocycles. The second-order valence-corrected chi connectivity index (χ2v) is 8.69. The number of aryl methyl sites for hydroxylation is 1. The number of pyridine rings is 1. The van der Waals surface area contributed by atoms with Crippen LogP contribution in [0, 0.1) is 12.8 Å². The number of aromatic nitrogens is 5. The Morgan fingerprint density at radius 3 is 2.87 bits per heavy atom. The fourth-order valence-electron chi connectivity index (χ4n) is 4.80. The van der Waals surface area contributed by atoms with Crippen LogP contribution in [0.3, 0.4) is 0 Å². The lowest BCUT2D eigenvalue weighted by Gasteiger charge is -2.10. The van der Waals surface area contributed by atoms with Gasteiger partial charge in [-0.1, -0.05) is 0 Å². The molecule has 31 heavy (non-hydrogen) atoms. The van der Waals surface area contributed by atoms with Crippen molar-refractivity contribution < 1.29 is 9.47 Å². The molecule has 2 aliphatic rings. The molecule has 0 aromatic carbocycles. The molecule has 1 fully saturated rings. The normalized spacial score (nSPS) is 19.4. The lowest BCUT2D eigenvalue weighted by molar-refractivity contribution is 0.145. The maximum atomic E-state index is 5.78. The molecule has 1 unspecified atom stereocenters. The summed E-state index contributed by atoms with van der Waals surface area (Å²) in [5.74, 6) is 1.30. The Morgan fingerprint density at radius 1 is 1.23 bits per heavy atom. The van der Waals surface area contributed by atoms with Crippen molar-refractivity contribution in [1.29, 1.82) is 0 Å². The maximum absolute atomic E-state index is 5.78. The van der Waals surface area contributed by atoms with Gasteiger partial charge >= 0.3 is 0 Å². The first-order valence-electron chi connectivity index (χ1n) is 11.0. The predicted octanol–water partition coefficient (Wildman–Crippen LogP) is 2.51. The highest BCUT2D eigenvalue weighted by Crippen LogP contribution is 2.31. The van der Waals surface area contributed by atoms with E-state index in [9.17, 15) is 0 Å². The molecule has 5 heterocycles. The number of hydrogen-bond acceptors (Lipinski definition) is 6. The van der Waals surface area contributed by atoms with Crippen molar-refractivity contribution in [2.75, 3.05) is 40.5 Å². The number of hydrogen-bond donors (Lipinski definition) is 0. The summed E-state index contributed by atoms with van der Waals surface area (Å²) in [5.41, 5.74) is 6.47. The van der Waals surface area contributed by atoms with Gasteiger partial charge in [-0.3, -0.25) is 4.68 Å². The van der Waals surface area contributed by atoms with Gasteiger partial charge in [0.2, 0.25) is 5.88 Å². The van der Waals surface area contributed by atoms with Crippen molar-refractivity contribution in [2.24, 2.45) is 5.92 Å². The molecular formula is C23H30N6O2. The van der Waals surface area contributed by atoms with E-state index in [1.54, 1.807) is 7.11 Å². The van der Waals surface area contributed by atoms with Gasteiger partial charge in [-0.05, 0) is 45.3 Å². The molecule has 0 N–H and O–H groups in total. The summed E-state index contributed by atoms with van der Waals surface area (Å²) in [6.07, 6.45) is 8.84. The maximum Gasteiger partial charge on any atom is 0.216 e. The molecule has 1 atom stereocenters. The largest absolute Gasteiger partial charge is 0.481 e. The average molecular weight is 423 g/mol. The summed E-state index contributed by atoms with van der Waals surface area (Å²) in [4.78, 5) is 6.85. The quantitative estimate of drug-likeness (QED) is 0.629. The molecule has 3 aromatic rings. The van der Waals surface area contributed by atoms with Crippen LogP contribution in [0.5, 0.6) is 5.88 Å². The molecule has 8 heteroatoms. The topological polar surface area (TPSA) is 70.2 Å². The number of rotatable bonds is 5. The summed E-state index contributed by atoms with van der Waals surface area (Å²) >= 11 is 0. The molecule has 164 valence electrons. The van der Waals surface area contributed by atoms with Crippen LogP contribution in [-0.2, 0) is 24.1 Å². The number of nitrogens with zero attached hydrogens (tertiary/aromatic N) is 6. The fourth-order valence-corrected chi connectivity index (χ4v) is 4.80. The number of likely N-dealkylation sites (tertiary alicyclic amines) is 1. The lowest BCUT2D eigenvalue weighted by Crippen LogP contribution is -2.17. The van der Waals surface area contributed by atoms with Crippen LogP contribution >= 0.6 is 0 Å². The van der Waals surface area contributed by atoms with E-state index in [2.05, 4.69) is 39.0 Å². The van der Waals surface area contributed by atoms with Gasteiger partial charge in [0.05, 0.1) is 49.8 Å². The molecular weight excluding hydrogens is 392 g/mol. The Labute approximate surface area is 182 Å². The molecule has 8 nitrogen and oxygen atoms in total. The van der Waals surface area contributed by atoms with Gasteiger partial charge in [-0.25, -0.2) is 9.67 Å². The highest BCUT2D eigenvalue weighted by Gasteiger charge is 2.24. The van der Waals surface area contributed by atoms with Gasteiger partial charge in [0.15, 0.2) is 0 Å². The Balaban J connectivity index is 1.50. The van der Waals surface area contributed by atoms with Crippen molar-refractivity contribution in [3.8, 4) is 22.8 Å². The van der Waals surface area contributed by atoms with Crippen LogP contribution in [-0.4, -0.2) is 69.9 Å². The Bertz CT molecular complexity index is 1070. The number of fused-ring (bicyclic) bond motifs is 1. The lowest BCUT2D eigenvalue weighted by atomic mass is 10.0. The Morgan fingerprint density at radius 2 is 2.10 bits per heavy atom. The van der Waals surface area contributed by atoms with Gasteiger partial charge in [-0.2, -0.15) is 10.2 Å². The first-order valence-corrected chi connectivity index (χ1v) is 11.0. The third-order valence-corrected chi connectivity index (χ3v) is 6.36. The minimum absolute atomic E-state index is 0.643. The highest BCUT2D eigenvalue weighted by molar-refractivity contribution is 5.64. The second-order valence-electron chi connectivity index (χ2n) is 8.69. The molecule has 0 bridgehead atoms. The van der Waals surface area contributed by atoms with Gasteiger partial charge in [0, 0.05) is 42.4 Å². The third-order valence-electron chi connectivity index (χ3n) is 6.36. The van der Waals surface area contributed by atoms with Crippen molar-refractivity contribution in [1.82, 2.24) is 29.4 Å². The van der Waals surface area contributed by atoms with Crippen LogP contribution in [0.15, 0.2) is 24.7 Å². The van der Waals surface area contributed by atoms with E-state index in [0.717, 1.165) is 48.4 Å². The van der Waals surface area contributed by atoms with E-state index in [1.807, 2.05) is 24.0 Å². The minimum Gasteiger partial charge on any atom is -0.481 e. The highest BCUT2D eigenvalue weighted by atomic mass is 16.5. The summed E-state index contributed by atoms with van der Waals surface area (Å²) in [6.45, 7) is 6.69. The average Bonchev–Trinajstić information content (AvgIpc) is 3.43. The third kappa shape index (κ3) is 3.97. The Kier molecular flexibility index (Phi) is 5.50.